The lowest BCUT2D eigenvalue weighted by Gasteiger charge is -2.62. The maximum atomic E-state index is 13.2. The van der Waals surface area contributed by atoms with E-state index in [9.17, 15) is 9.59 Å². The lowest BCUT2D eigenvalue weighted by molar-refractivity contribution is -0.176. The average molecular weight is 597 g/mol. The first-order chi connectivity index (χ1) is 19.8. The molecule has 0 spiro atoms. The van der Waals surface area contributed by atoms with Gasteiger partial charge in [-0.25, -0.2) is 0 Å². The summed E-state index contributed by atoms with van der Waals surface area (Å²) in [7, 11) is 0. The molecule has 0 aromatic carbocycles. The Morgan fingerprint density at radius 1 is 0.930 bits per heavy atom. The van der Waals surface area contributed by atoms with Gasteiger partial charge in [0.2, 0.25) is 0 Å². The Balaban J connectivity index is 1.50. The van der Waals surface area contributed by atoms with Crippen molar-refractivity contribution in [3.05, 3.63) is 22.8 Å². The maximum Gasteiger partial charge on any atom is 0.309 e. The van der Waals surface area contributed by atoms with E-state index in [1.807, 2.05) is 26.3 Å². The van der Waals surface area contributed by atoms with Crippen LogP contribution in [0.25, 0.3) is 0 Å². The molecule has 0 aromatic heterocycles. The first-order valence-corrected chi connectivity index (χ1v) is 17.5. The average Bonchev–Trinajstić information content (AvgIpc) is 3.15. The molecule has 0 bridgehead atoms. The van der Waals surface area contributed by atoms with Crippen LogP contribution < -0.4 is 0 Å². The van der Waals surface area contributed by atoms with Crippen LogP contribution in [-0.4, -0.2) is 23.6 Å². The van der Waals surface area contributed by atoms with Crippen molar-refractivity contribution in [2.75, 3.05) is 0 Å². The summed E-state index contributed by atoms with van der Waals surface area (Å²) in [5, 5.41) is 0. The number of ether oxygens (including phenoxy) is 2. The lowest BCUT2D eigenvalue weighted by Crippen LogP contribution is -2.56. The molecule has 0 heterocycles. The van der Waals surface area contributed by atoms with Crippen molar-refractivity contribution in [3.63, 3.8) is 0 Å². The number of carbonyl (C=O) groups is 2. The molecular formula is C39H64O4. The van der Waals surface area contributed by atoms with Gasteiger partial charge < -0.3 is 9.47 Å². The number of hydrogen-bond acceptors (Lipinski definition) is 4. The minimum absolute atomic E-state index is 0.0621. The van der Waals surface area contributed by atoms with Crippen molar-refractivity contribution in [1.29, 1.82) is 0 Å². The van der Waals surface area contributed by atoms with E-state index in [4.69, 9.17) is 9.47 Å². The second kappa shape index (κ2) is 12.0. The van der Waals surface area contributed by atoms with Crippen LogP contribution in [0.3, 0.4) is 0 Å². The third kappa shape index (κ3) is 6.29. The molecule has 4 heteroatoms. The van der Waals surface area contributed by atoms with Crippen LogP contribution in [0.15, 0.2) is 22.8 Å². The summed E-state index contributed by atoms with van der Waals surface area (Å²) in [4.78, 5) is 25.6. The van der Waals surface area contributed by atoms with Crippen molar-refractivity contribution in [1.82, 2.24) is 0 Å². The molecule has 1 unspecified atom stereocenters. The summed E-state index contributed by atoms with van der Waals surface area (Å²) in [6.07, 6.45) is 14.5. The van der Waals surface area contributed by atoms with Gasteiger partial charge in [0.05, 0.1) is 12.3 Å². The Morgan fingerprint density at radius 2 is 1.60 bits per heavy atom. The zero-order chi connectivity index (χ0) is 32.2. The zero-order valence-electron chi connectivity index (χ0n) is 29.9. The van der Waals surface area contributed by atoms with Crippen molar-refractivity contribution in [2.24, 2.45) is 45.3 Å². The second-order valence-corrected chi connectivity index (χ2v) is 17.7. The van der Waals surface area contributed by atoms with Crippen molar-refractivity contribution in [2.45, 2.75) is 165 Å². The summed E-state index contributed by atoms with van der Waals surface area (Å²) in [6.45, 7) is 26.8. The van der Waals surface area contributed by atoms with Gasteiger partial charge in [0.15, 0.2) is 0 Å². The van der Waals surface area contributed by atoms with Crippen LogP contribution >= 0.6 is 0 Å². The van der Waals surface area contributed by atoms with Crippen molar-refractivity contribution >= 4 is 11.9 Å². The summed E-state index contributed by atoms with van der Waals surface area (Å²) >= 11 is 0. The molecule has 4 aliphatic carbocycles. The summed E-state index contributed by atoms with van der Waals surface area (Å²) in [6, 6.07) is 0. The van der Waals surface area contributed by atoms with Gasteiger partial charge in [0, 0.05) is 5.41 Å². The maximum absolute atomic E-state index is 13.2. The minimum atomic E-state index is -0.554. The highest BCUT2D eigenvalue weighted by Crippen LogP contribution is 2.72. The molecule has 2 saturated carbocycles. The Bertz CT molecular complexity index is 1130. The summed E-state index contributed by atoms with van der Waals surface area (Å²) < 4.78 is 11.7. The fraction of sp³-hybridized carbons (Fsp3) is 0.846. The van der Waals surface area contributed by atoms with E-state index >= 15 is 0 Å². The van der Waals surface area contributed by atoms with Gasteiger partial charge in [-0.15, -0.1) is 0 Å². The van der Waals surface area contributed by atoms with Gasteiger partial charge in [0.25, 0.3) is 0 Å². The molecule has 244 valence electrons. The summed E-state index contributed by atoms with van der Waals surface area (Å²) in [5.74, 6) is 0.943. The molecule has 2 fully saturated rings. The molecule has 0 N–H and O–H groups in total. The smallest absolute Gasteiger partial charge is 0.309 e. The van der Waals surface area contributed by atoms with Gasteiger partial charge in [-0.3, -0.25) is 9.59 Å². The standard InChI is InChI=1S/C39H64O4/c1-25(2)14-13-15-26(3)28-18-22-39(12)30-16-17-31-36(8,9)32(20-21-37(31,10)29(30)19-23-38(28,39)11)42-34(41)27(4)24-33(40)43-35(5,6)7/h14,26-28,31-32H,13,15-24H2,1-12H3/t26-,27-,28-,31?,32+,37-,38-,39+/m1/s1. The van der Waals surface area contributed by atoms with Crippen LogP contribution in [0.4, 0.5) is 0 Å². The van der Waals surface area contributed by atoms with Crippen LogP contribution in [0.5, 0.6) is 0 Å². The number of esters is 2. The molecule has 4 nitrogen and oxygen atoms in total. The molecule has 4 aliphatic rings. The van der Waals surface area contributed by atoms with Crippen LogP contribution in [0.1, 0.15) is 154 Å². The fourth-order valence-electron chi connectivity index (χ4n) is 10.6. The second-order valence-electron chi connectivity index (χ2n) is 17.7. The van der Waals surface area contributed by atoms with Gasteiger partial charge in [-0.1, -0.05) is 71.3 Å². The largest absolute Gasteiger partial charge is 0.462 e. The van der Waals surface area contributed by atoms with E-state index in [-0.39, 0.29) is 35.3 Å². The molecule has 0 saturated heterocycles. The van der Waals surface area contributed by atoms with Crippen LogP contribution in [0.2, 0.25) is 0 Å². The number of rotatable bonds is 8. The normalized spacial score (nSPS) is 36.5. The van der Waals surface area contributed by atoms with E-state index in [0.717, 1.165) is 24.7 Å². The van der Waals surface area contributed by atoms with E-state index in [0.29, 0.717) is 16.7 Å². The topological polar surface area (TPSA) is 52.6 Å². The van der Waals surface area contributed by atoms with Crippen LogP contribution in [0, 0.1) is 45.3 Å². The lowest BCUT2D eigenvalue weighted by atomic mass is 9.43. The third-order valence-electron chi connectivity index (χ3n) is 13.2. The quantitative estimate of drug-likeness (QED) is 0.207. The Kier molecular flexibility index (Phi) is 9.55. The molecule has 0 aliphatic heterocycles. The highest BCUT2D eigenvalue weighted by molar-refractivity contribution is 5.80. The van der Waals surface area contributed by atoms with Crippen molar-refractivity contribution in [3.8, 4) is 0 Å². The number of hydrogen-bond donors (Lipinski definition) is 0. The summed E-state index contributed by atoms with van der Waals surface area (Å²) in [5.41, 5.74) is 5.21. The van der Waals surface area contributed by atoms with Crippen LogP contribution in [-0.2, 0) is 19.1 Å². The van der Waals surface area contributed by atoms with Gasteiger partial charge in [0.1, 0.15) is 11.7 Å². The zero-order valence-corrected chi connectivity index (χ0v) is 29.9. The molecular weight excluding hydrogens is 532 g/mol. The van der Waals surface area contributed by atoms with E-state index in [1.165, 1.54) is 56.9 Å². The van der Waals surface area contributed by atoms with Gasteiger partial charge in [-0.05, 0) is 133 Å². The molecule has 0 radical (unpaired) electrons. The Labute approximate surface area is 264 Å². The minimum Gasteiger partial charge on any atom is -0.462 e. The molecule has 0 aromatic rings. The first-order valence-electron chi connectivity index (χ1n) is 17.5. The number of carbonyl (C=O) groups excluding carboxylic acids is 2. The number of fused-ring (bicyclic) bond motifs is 4. The predicted molar refractivity (Wildman–Crippen MR) is 176 cm³/mol. The fourth-order valence-corrected chi connectivity index (χ4v) is 10.6. The highest BCUT2D eigenvalue weighted by Gasteiger charge is 2.63. The van der Waals surface area contributed by atoms with Gasteiger partial charge in [-0.2, -0.15) is 0 Å². The van der Waals surface area contributed by atoms with Gasteiger partial charge >= 0.3 is 11.9 Å². The molecule has 4 rings (SSSR count). The molecule has 8 atom stereocenters. The van der Waals surface area contributed by atoms with E-state index < -0.39 is 11.5 Å². The predicted octanol–water partition coefficient (Wildman–Crippen LogP) is 10.4. The Morgan fingerprint density at radius 3 is 2.23 bits per heavy atom. The molecule has 0 amide bonds. The number of allylic oxidation sites excluding steroid dienone is 4. The van der Waals surface area contributed by atoms with E-state index in [2.05, 4.69) is 61.5 Å². The Hall–Kier alpha value is -1.58. The van der Waals surface area contributed by atoms with Crippen molar-refractivity contribution < 1.29 is 19.1 Å². The third-order valence-corrected chi connectivity index (χ3v) is 13.2. The highest BCUT2D eigenvalue weighted by atomic mass is 16.6. The SMILES string of the molecule is CC(C)=CCC[C@@H](C)[C@H]1CC[C@@]2(C)C3=C(CC[C@]12C)[C@@]1(C)CC[C@H](OC(=O)[C@H](C)CC(=O)OC(C)(C)C)C(C)(C)C1CC3. The van der Waals surface area contributed by atoms with E-state index in [1.54, 1.807) is 12.5 Å². The molecule has 43 heavy (non-hydrogen) atoms. The first kappa shape index (κ1) is 34.3. The monoisotopic (exact) mass is 596 g/mol.